The number of aliphatic hydroxyl groups is 1. The first kappa shape index (κ1) is 13.0. The standard InChI is InChI=1S/C12H20ClFO/c1-8(10-6-4-3-5-7-10)12(14)11(13)9(2)15/h6,8-9,11-12,15H,3-5,7H2,1-2H3. The van der Waals surface area contributed by atoms with Gasteiger partial charge in [-0.2, -0.15) is 0 Å². The van der Waals surface area contributed by atoms with E-state index in [9.17, 15) is 9.50 Å². The van der Waals surface area contributed by atoms with Gasteiger partial charge in [-0.15, -0.1) is 11.6 Å². The van der Waals surface area contributed by atoms with Gasteiger partial charge < -0.3 is 5.11 Å². The predicted octanol–water partition coefficient (Wildman–Crippen LogP) is 3.45. The summed E-state index contributed by atoms with van der Waals surface area (Å²) in [4.78, 5) is 0. The lowest BCUT2D eigenvalue weighted by molar-refractivity contribution is 0.129. The molecule has 0 aromatic rings. The van der Waals surface area contributed by atoms with Crippen LogP contribution in [0, 0.1) is 5.92 Å². The van der Waals surface area contributed by atoms with E-state index in [-0.39, 0.29) is 5.92 Å². The summed E-state index contributed by atoms with van der Waals surface area (Å²) in [5, 5.41) is 8.44. The fourth-order valence-corrected chi connectivity index (χ4v) is 2.24. The van der Waals surface area contributed by atoms with Crippen LogP contribution in [0.5, 0.6) is 0 Å². The van der Waals surface area contributed by atoms with Gasteiger partial charge in [-0.3, -0.25) is 0 Å². The van der Waals surface area contributed by atoms with Crippen LogP contribution in [0.25, 0.3) is 0 Å². The Balaban J connectivity index is 2.58. The van der Waals surface area contributed by atoms with Crippen molar-refractivity contribution in [2.24, 2.45) is 5.92 Å². The van der Waals surface area contributed by atoms with Crippen LogP contribution in [-0.4, -0.2) is 22.8 Å². The summed E-state index contributed by atoms with van der Waals surface area (Å²) in [5.74, 6) is -0.164. The quantitative estimate of drug-likeness (QED) is 0.584. The second kappa shape index (κ2) is 5.86. The molecule has 0 saturated heterocycles. The van der Waals surface area contributed by atoms with E-state index in [1.54, 1.807) is 0 Å². The lowest BCUT2D eigenvalue weighted by Crippen LogP contribution is -2.33. The molecule has 1 aliphatic carbocycles. The summed E-state index contributed by atoms with van der Waals surface area (Å²) in [6.07, 6.45) is 4.55. The predicted molar refractivity (Wildman–Crippen MR) is 61.9 cm³/mol. The topological polar surface area (TPSA) is 20.2 Å². The molecule has 0 saturated carbocycles. The molecule has 0 aromatic heterocycles. The molecule has 1 nitrogen and oxygen atoms in total. The Morgan fingerprint density at radius 1 is 1.40 bits per heavy atom. The van der Waals surface area contributed by atoms with Crippen LogP contribution in [-0.2, 0) is 0 Å². The van der Waals surface area contributed by atoms with Gasteiger partial charge in [-0.05, 0) is 32.6 Å². The summed E-state index contributed by atoms with van der Waals surface area (Å²) in [5.41, 5.74) is 1.17. The molecule has 0 bridgehead atoms. The van der Waals surface area contributed by atoms with E-state index in [2.05, 4.69) is 6.08 Å². The number of rotatable bonds is 4. The third-order valence-corrected chi connectivity index (χ3v) is 3.76. The molecule has 0 fully saturated rings. The van der Waals surface area contributed by atoms with Crippen LogP contribution in [0.15, 0.2) is 11.6 Å². The number of aliphatic hydroxyl groups excluding tert-OH is 1. The van der Waals surface area contributed by atoms with Gasteiger partial charge in [0.05, 0.1) is 11.5 Å². The Labute approximate surface area is 96.3 Å². The van der Waals surface area contributed by atoms with Crippen LogP contribution >= 0.6 is 11.6 Å². The van der Waals surface area contributed by atoms with Gasteiger partial charge in [0.15, 0.2) is 0 Å². The van der Waals surface area contributed by atoms with E-state index in [4.69, 9.17) is 11.6 Å². The van der Waals surface area contributed by atoms with Crippen molar-refractivity contribution in [1.82, 2.24) is 0 Å². The van der Waals surface area contributed by atoms with Crippen molar-refractivity contribution in [2.75, 3.05) is 0 Å². The van der Waals surface area contributed by atoms with Crippen molar-refractivity contribution in [1.29, 1.82) is 0 Å². The van der Waals surface area contributed by atoms with E-state index in [1.807, 2.05) is 6.92 Å². The van der Waals surface area contributed by atoms with Crippen molar-refractivity contribution in [3.05, 3.63) is 11.6 Å². The van der Waals surface area contributed by atoms with Crippen molar-refractivity contribution in [3.8, 4) is 0 Å². The van der Waals surface area contributed by atoms with Gasteiger partial charge in [-0.25, -0.2) is 4.39 Å². The van der Waals surface area contributed by atoms with Crippen LogP contribution < -0.4 is 0 Å². The minimum absolute atomic E-state index is 0.164. The van der Waals surface area contributed by atoms with E-state index in [0.29, 0.717) is 0 Å². The highest BCUT2D eigenvalue weighted by Gasteiger charge is 2.30. The van der Waals surface area contributed by atoms with Crippen molar-refractivity contribution in [2.45, 2.75) is 57.2 Å². The van der Waals surface area contributed by atoms with Crippen molar-refractivity contribution < 1.29 is 9.50 Å². The first-order chi connectivity index (χ1) is 7.04. The summed E-state index contributed by atoms with van der Waals surface area (Å²) < 4.78 is 13.9. The second-order valence-electron chi connectivity index (χ2n) is 4.44. The molecule has 1 rings (SSSR count). The first-order valence-corrected chi connectivity index (χ1v) is 6.12. The maximum atomic E-state index is 13.9. The number of halogens is 2. The zero-order valence-electron chi connectivity index (χ0n) is 9.42. The minimum Gasteiger partial charge on any atom is -0.392 e. The summed E-state index contributed by atoms with van der Waals surface area (Å²) in [7, 11) is 0. The Hall–Kier alpha value is -0.0800. The summed E-state index contributed by atoms with van der Waals surface area (Å²) >= 11 is 5.83. The molecule has 15 heavy (non-hydrogen) atoms. The van der Waals surface area contributed by atoms with Gasteiger partial charge in [0.1, 0.15) is 6.17 Å². The molecule has 0 amide bonds. The van der Waals surface area contributed by atoms with Crippen LogP contribution in [0.1, 0.15) is 39.5 Å². The van der Waals surface area contributed by atoms with Gasteiger partial charge in [-0.1, -0.05) is 18.6 Å². The summed E-state index contributed by atoms with van der Waals surface area (Å²) in [6, 6.07) is 0. The fourth-order valence-electron chi connectivity index (χ4n) is 2.02. The molecule has 0 spiro atoms. The Morgan fingerprint density at radius 2 is 2.07 bits per heavy atom. The Morgan fingerprint density at radius 3 is 2.53 bits per heavy atom. The molecule has 1 N–H and O–H groups in total. The van der Waals surface area contributed by atoms with Gasteiger partial charge >= 0.3 is 0 Å². The number of allylic oxidation sites excluding steroid dienone is 2. The number of hydrogen-bond donors (Lipinski definition) is 1. The highest BCUT2D eigenvalue weighted by molar-refractivity contribution is 6.21. The average molecular weight is 235 g/mol. The van der Waals surface area contributed by atoms with E-state index in [0.717, 1.165) is 19.3 Å². The Bertz CT molecular complexity index is 228. The van der Waals surface area contributed by atoms with Gasteiger partial charge in [0, 0.05) is 5.92 Å². The first-order valence-electron chi connectivity index (χ1n) is 5.69. The smallest absolute Gasteiger partial charge is 0.125 e. The fraction of sp³-hybridized carbons (Fsp3) is 0.833. The van der Waals surface area contributed by atoms with Crippen molar-refractivity contribution >= 4 is 11.6 Å². The average Bonchev–Trinajstić information content (AvgIpc) is 2.27. The monoisotopic (exact) mass is 234 g/mol. The molecular formula is C12H20ClFO. The SMILES string of the molecule is CC(O)C(Cl)C(F)C(C)C1=CCCCC1. The molecule has 3 heteroatoms. The number of alkyl halides is 2. The second-order valence-corrected chi connectivity index (χ2v) is 4.95. The highest BCUT2D eigenvalue weighted by Crippen LogP contribution is 2.30. The van der Waals surface area contributed by atoms with Crippen LogP contribution in [0.2, 0.25) is 0 Å². The maximum absolute atomic E-state index is 13.9. The molecule has 88 valence electrons. The van der Waals surface area contributed by atoms with Crippen molar-refractivity contribution in [3.63, 3.8) is 0 Å². The largest absolute Gasteiger partial charge is 0.392 e. The van der Waals surface area contributed by atoms with Gasteiger partial charge in [0.2, 0.25) is 0 Å². The Kier molecular flexibility index (Phi) is 5.07. The third kappa shape index (κ3) is 3.46. The van der Waals surface area contributed by atoms with Crippen LogP contribution in [0.3, 0.4) is 0 Å². The lowest BCUT2D eigenvalue weighted by atomic mass is 9.86. The van der Waals surface area contributed by atoms with E-state index in [1.165, 1.54) is 18.9 Å². The zero-order valence-corrected chi connectivity index (χ0v) is 10.2. The van der Waals surface area contributed by atoms with Crippen LogP contribution in [0.4, 0.5) is 4.39 Å². The molecule has 1 aliphatic rings. The summed E-state index contributed by atoms with van der Waals surface area (Å²) in [6.45, 7) is 3.39. The molecule has 0 heterocycles. The highest BCUT2D eigenvalue weighted by atomic mass is 35.5. The lowest BCUT2D eigenvalue weighted by Gasteiger charge is -2.26. The molecule has 0 aromatic carbocycles. The molecule has 0 radical (unpaired) electrons. The van der Waals surface area contributed by atoms with Gasteiger partial charge in [0.25, 0.3) is 0 Å². The van der Waals surface area contributed by atoms with E-state index >= 15 is 0 Å². The number of hydrogen-bond acceptors (Lipinski definition) is 1. The molecule has 4 atom stereocenters. The normalized spacial score (nSPS) is 25.3. The minimum atomic E-state index is -1.16. The molecule has 0 aliphatic heterocycles. The third-order valence-electron chi connectivity index (χ3n) is 3.15. The zero-order chi connectivity index (χ0) is 11.4. The van der Waals surface area contributed by atoms with E-state index < -0.39 is 17.7 Å². The maximum Gasteiger partial charge on any atom is 0.125 e. The molecule has 4 unspecified atom stereocenters. The molecular weight excluding hydrogens is 215 g/mol.